The lowest BCUT2D eigenvalue weighted by Crippen LogP contribution is -2.29. The first-order chi connectivity index (χ1) is 9.58. The number of carboxylic acids is 1. The number of hydrogen-bond donors (Lipinski definition) is 1. The number of aromatic carboxylic acids is 1. The number of fused-ring (bicyclic) bond motifs is 1. The van der Waals surface area contributed by atoms with E-state index in [4.69, 9.17) is 0 Å². The van der Waals surface area contributed by atoms with E-state index in [0.29, 0.717) is 11.1 Å². The third-order valence-electron chi connectivity index (χ3n) is 3.72. The molecule has 0 saturated carbocycles. The molecule has 0 radical (unpaired) electrons. The third-order valence-corrected chi connectivity index (χ3v) is 3.72. The van der Waals surface area contributed by atoms with Gasteiger partial charge in [-0.3, -0.25) is 0 Å². The molecule has 108 valence electrons. The van der Waals surface area contributed by atoms with Crippen LogP contribution in [0.5, 0.6) is 0 Å². The van der Waals surface area contributed by atoms with Crippen LogP contribution in [-0.4, -0.2) is 45.2 Å². The predicted molar refractivity (Wildman–Crippen MR) is 79.2 cm³/mol. The fourth-order valence-electron chi connectivity index (χ4n) is 2.54. The molecule has 1 atom stereocenters. The van der Waals surface area contributed by atoms with Gasteiger partial charge in [0.05, 0.1) is 22.9 Å². The highest BCUT2D eigenvalue weighted by Gasteiger charge is 2.17. The Bertz CT molecular complexity index is 602. The molecule has 0 amide bonds. The number of carbonyl (C=O) groups is 1. The van der Waals surface area contributed by atoms with Crippen LogP contribution in [0, 0.1) is 0 Å². The van der Waals surface area contributed by atoms with E-state index >= 15 is 0 Å². The smallest absolute Gasteiger partial charge is 0.337 e. The van der Waals surface area contributed by atoms with Gasteiger partial charge in [0.25, 0.3) is 0 Å². The number of para-hydroxylation sites is 1. The number of imidazole rings is 1. The van der Waals surface area contributed by atoms with Crippen LogP contribution in [0.4, 0.5) is 0 Å². The summed E-state index contributed by atoms with van der Waals surface area (Å²) in [4.78, 5) is 18.0. The maximum Gasteiger partial charge on any atom is 0.337 e. The predicted octanol–water partition coefficient (Wildman–Crippen LogP) is 2.64. The average Bonchev–Trinajstić information content (AvgIpc) is 2.88. The molecule has 1 N–H and O–H groups in total. The Hall–Kier alpha value is -1.88. The van der Waals surface area contributed by atoms with E-state index in [2.05, 4.69) is 30.7 Å². The molecule has 0 fully saturated rings. The second kappa shape index (κ2) is 6.05. The molecule has 0 aliphatic carbocycles. The van der Waals surface area contributed by atoms with Crippen molar-refractivity contribution in [1.29, 1.82) is 0 Å². The first kappa shape index (κ1) is 14.5. The van der Waals surface area contributed by atoms with Crippen LogP contribution in [0.2, 0.25) is 0 Å². The van der Waals surface area contributed by atoms with Gasteiger partial charge < -0.3 is 14.6 Å². The van der Waals surface area contributed by atoms with Gasteiger partial charge in [-0.15, -0.1) is 0 Å². The van der Waals surface area contributed by atoms with E-state index in [1.165, 1.54) is 0 Å². The van der Waals surface area contributed by atoms with E-state index in [0.717, 1.165) is 25.2 Å². The normalized spacial score (nSPS) is 13.0. The maximum absolute atomic E-state index is 11.4. The SMILES string of the molecule is CCN(CC)CC(C)n1cnc2cccc(C(=O)O)c21. The second-order valence-electron chi connectivity index (χ2n) is 4.97. The summed E-state index contributed by atoms with van der Waals surface area (Å²) in [7, 11) is 0. The maximum atomic E-state index is 11.4. The number of benzene rings is 1. The Kier molecular flexibility index (Phi) is 4.39. The van der Waals surface area contributed by atoms with Gasteiger partial charge in [0, 0.05) is 12.6 Å². The molecule has 0 aliphatic heterocycles. The van der Waals surface area contributed by atoms with E-state index in [1.54, 1.807) is 18.5 Å². The van der Waals surface area contributed by atoms with Crippen LogP contribution in [0.15, 0.2) is 24.5 Å². The largest absolute Gasteiger partial charge is 0.478 e. The van der Waals surface area contributed by atoms with Crippen molar-refractivity contribution in [3.8, 4) is 0 Å². The van der Waals surface area contributed by atoms with Crippen molar-refractivity contribution in [1.82, 2.24) is 14.5 Å². The molecule has 0 bridgehead atoms. The van der Waals surface area contributed by atoms with Gasteiger partial charge in [-0.1, -0.05) is 19.9 Å². The molecule has 1 aromatic heterocycles. The fraction of sp³-hybridized carbons (Fsp3) is 0.467. The zero-order valence-corrected chi connectivity index (χ0v) is 12.2. The van der Waals surface area contributed by atoms with Crippen LogP contribution in [-0.2, 0) is 0 Å². The zero-order valence-electron chi connectivity index (χ0n) is 12.2. The first-order valence-electron chi connectivity index (χ1n) is 6.99. The summed E-state index contributed by atoms with van der Waals surface area (Å²) >= 11 is 0. The van der Waals surface area contributed by atoms with Gasteiger partial charge in [0.15, 0.2) is 0 Å². The molecule has 0 saturated heterocycles. The minimum atomic E-state index is -0.910. The van der Waals surface area contributed by atoms with Crippen molar-refractivity contribution in [3.05, 3.63) is 30.1 Å². The van der Waals surface area contributed by atoms with Crippen molar-refractivity contribution >= 4 is 17.0 Å². The molecule has 1 heterocycles. The van der Waals surface area contributed by atoms with Crippen LogP contribution in [0.1, 0.15) is 37.2 Å². The van der Waals surface area contributed by atoms with Crippen LogP contribution in [0.25, 0.3) is 11.0 Å². The molecular formula is C15H21N3O2. The van der Waals surface area contributed by atoms with E-state index in [9.17, 15) is 9.90 Å². The minimum Gasteiger partial charge on any atom is -0.478 e. The molecule has 5 heteroatoms. The Labute approximate surface area is 118 Å². The van der Waals surface area contributed by atoms with Gasteiger partial charge in [0.1, 0.15) is 0 Å². The molecular weight excluding hydrogens is 254 g/mol. The summed E-state index contributed by atoms with van der Waals surface area (Å²) in [5.74, 6) is -0.910. The number of rotatable bonds is 6. The lowest BCUT2D eigenvalue weighted by atomic mass is 10.1. The minimum absolute atomic E-state index is 0.181. The lowest BCUT2D eigenvalue weighted by molar-refractivity contribution is 0.0698. The van der Waals surface area contributed by atoms with Crippen molar-refractivity contribution < 1.29 is 9.90 Å². The standard InChI is InChI=1S/C15H21N3O2/c1-4-17(5-2)9-11(3)18-10-16-13-8-6-7-12(14(13)18)15(19)20/h6-8,10-11H,4-5,9H2,1-3H3,(H,19,20). The van der Waals surface area contributed by atoms with E-state index in [-0.39, 0.29) is 6.04 Å². The summed E-state index contributed by atoms with van der Waals surface area (Å²) in [6.07, 6.45) is 1.74. The fourth-order valence-corrected chi connectivity index (χ4v) is 2.54. The monoisotopic (exact) mass is 275 g/mol. The zero-order chi connectivity index (χ0) is 14.7. The summed E-state index contributed by atoms with van der Waals surface area (Å²) in [6.45, 7) is 9.21. The Morgan fingerprint density at radius 3 is 2.70 bits per heavy atom. The number of likely N-dealkylation sites (N-methyl/N-ethyl adjacent to an activating group) is 1. The number of aromatic nitrogens is 2. The molecule has 1 unspecified atom stereocenters. The lowest BCUT2D eigenvalue weighted by Gasteiger charge is -2.24. The van der Waals surface area contributed by atoms with Crippen LogP contribution < -0.4 is 0 Å². The van der Waals surface area contributed by atoms with Gasteiger partial charge in [-0.2, -0.15) is 0 Å². The summed E-state index contributed by atoms with van der Waals surface area (Å²) in [5, 5.41) is 9.33. The highest BCUT2D eigenvalue weighted by molar-refractivity contribution is 6.01. The molecule has 5 nitrogen and oxygen atoms in total. The van der Waals surface area contributed by atoms with Crippen LogP contribution >= 0.6 is 0 Å². The first-order valence-corrected chi connectivity index (χ1v) is 6.99. The van der Waals surface area contributed by atoms with Gasteiger partial charge >= 0.3 is 5.97 Å². The quantitative estimate of drug-likeness (QED) is 0.880. The number of hydrogen-bond acceptors (Lipinski definition) is 3. The van der Waals surface area contributed by atoms with Gasteiger partial charge in [-0.05, 0) is 32.1 Å². The van der Waals surface area contributed by atoms with Gasteiger partial charge in [-0.25, -0.2) is 9.78 Å². The molecule has 1 aromatic carbocycles. The number of carboxylic acid groups (broad SMARTS) is 1. The summed E-state index contributed by atoms with van der Waals surface area (Å²) in [5.41, 5.74) is 1.75. The van der Waals surface area contributed by atoms with Crippen molar-refractivity contribution in [2.24, 2.45) is 0 Å². The molecule has 0 spiro atoms. The van der Waals surface area contributed by atoms with Crippen molar-refractivity contribution in [3.63, 3.8) is 0 Å². The Balaban J connectivity index is 2.41. The average molecular weight is 275 g/mol. The Morgan fingerprint density at radius 2 is 2.10 bits per heavy atom. The molecule has 2 aromatic rings. The van der Waals surface area contributed by atoms with Gasteiger partial charge in [0.2, 0.25) is 0 Å². The topological polar surface area (TPSA) is 58.4 Å². The Morgan fingerprint density at radius 1 is 1.40 bits per heavy atom. The van der Waals surface area contributed by atoms with Crippen LogP contribution in [0.3, 0.4) is 0 Å². The van der Waals surface area contributed by atoms with E-state index in [1.807, 2.05) is 10.6 Å². The van der Waals surface area contributed by atoms with Crippen molar-refractivity contribution in [2.75, 3.05) is 19.6 Å². The molecule has 2 rings (SSSR count). The summed E-state index contributed by atoms with van der Waals surface area (Å²) in [6, 6.07) is 5.40. The highest BCUT2D eigenvalue weighted by atomic mass is 16.4. The number of nitrogens with zero attached hydrogens (tertiary/aromatic N) is 3. The molecule has 20 heavy (non-hydrogen) atoms. The molecule has 0 aliphatic rings. The van der Waals surface area contributed by atoms with E-state index < -0.39 is 5.97 Å². The third kappa shape index (κ3) is 2.67. The second-order valence-corrected chi connectivity index (χ2v) is 4.97. The summed E-state index contributed by atoms with van der Waals surface area (Å²) < 4.78 is 1.97. The van der Waals surface area contributed by atoms with Crippen molar-refractivity contribution in [2.45, 2.75) is 26.8 Å². The highest BCUT2D eigenvalue weighted by Crippen LogP contribution is 2.22.